The van der Waals surface area contributed by atoms with E-state index in [1.54, 1.807) is 11.1 Å². The zero-order valence-corrected chi connectivity index (χ0v) is 14.0. The number of nitrogens with zero attached hydrogens (tertiary/aromatic N) is 4. The van der Waals surface area contributed by atoms with Crippen molar-refractivity contribution in [3.8, 4) is 0 Å². The smallest absolute Gasteiger partial charge is 0.274 e. The number of carbonyl (C=O) groups excluding carboxylic acids is 2. The third-order valence-corrected chi connectivity index (χ3v) is 4.62. The molecule has 24 heavy (non-hydrogen) atoms. The van der Waals surface area contributed by atoms with Gasteiger partial charge in [-0.3, -0.25) is 19.5 Å². The van der Waals surface area contributed by atoms with Crippen LogP contribution in [-0.4, -0.2) is 70.9 Å². The van der Waals surface area contributed by atoms with E-state index in [0.29, 0.717) is 30.9 Å². The molecule has 0 aliphatic carbocycles. The highest BCUT2D eigenvalue weighted by Crippen LogP contribution is 2.07. The number of carbonyl (C=O) groups is 2. The molecule has 3 heterocycles. The van der Waals surface area contributed by atoms with E-state index in [2.05, 4.69) is 20.2 Å². The monoisotopic (exact) mass is 345 g/mol. The fourth-order valence-corrected chi connectivity index (χ4v) is 3.21. The Morgan fingerprint density at radius 2 is 2.04 bits per heavy atom. The van der Waals surface area contributed by atoms with Gasteiger partial charge in [-0.15, -0.1) is 0 Å². The zero-order chi connectivity index (χ0) is 16.8. The van der Waals surface area contributed by atoms with Crippen molar-refractivity contribution >= 4 is 23.2 Å². The zero-order valence-electron chi connectivity index (χ0n) is 13.2. The molecule has 0 bridgehead atoms. The average Bonchev–Trinajstić information content (AvgIpc) is 3.17. The Labute approximate surface area is 144 Å². The summed E-state index contributed by atoms with van der Waals surface area (Å²) in [4.78, 5) is 36.2. The minimum Gasteiger partial charge on any atom is -0.351 e. The summed E-state index contributed by atoms with van der Waals surface area (Å²) in [5, 5.41) is 6.65. The van der Waals surface area contributed by atoms with Gasteiger partial charge in [-0.25, -0.2) is 4.98 Å². The van der Waals surface area contributed by atoms with Gasteiger partial charge in [-0.2, -0.15) is 11.3 Å². The SMILES string of the molecule is O=C(NCCN1CCN(C(=O)c2cnccn2)CC1)c1ccsc1. The van der Waals surface area contributed by atoms with Gasteiger partial charge in [0.05, 0.1) is 6.20 Å². The van der Waals surface area contributed by atoms with Crippen LogP contribution in [0.15, 0.2) is 35.4 Å². The fourth-order valence-electron chi connectivity index (χ4n) is 2.57. The molecule has 3 rings (SSSR count). The highest BCUT2D eigenvalue weighted by Gasteiger charge is 2.22. The van der Waals surface area contributed by atoms with Gasteiger partial charge < -0.3 is 10.2 Å². The molecule has 2 amide bonds. The molecular formula is C16H19N5O2S. The number of hydrogen-bond acceptors (Lipinski definition) is 6. The van der Waals surface area contributed by atoms with Crippen molar-refractivity contribution in [2.45, 2.75) is 0 Å². The Balaban J connectivity index is 1.39. The first-order valence-electron chi connectivity index (χ1n) is 7.82. The topological polar surface area (TPSA) is 78.4 Å². The number of rotatable bonds is 5. The van der Waals surface area contributed by atoms with Crippen LogP contribution in [0.5, 0.6) is 0 Å². The molecule has 1 saturated heterocycles. The summed E-state index contributed by atoms with van der Waals surface area (Å²) in [6.07, 6.45) is 4.58. The van der Waals surface area contributed by atoms with Crippen molar-refractivity contribution in [1.29, 1.82) is 0 Å². The van der Waals surface area contributed by atoms with Gasteiger partial charge in [-0.1, -0.05) is 0 Å². The molecule has 0 saturated carbocycles. The van der Waals surface area contributed by atoms with Gasteiger partial charge in [0.15, 0.2) is 0 Å². The molecule has 0 atom stereocenters. The molecular weight excluding hydrogens is 326 g/mol. The molecule has 2 aromatic rings. The molecule has 7 nitrogen and oxygen atoms in total. The van der Waals surface area contributed by atoms with Crippen molar-refractivity contribution in [1.82, 2.24) is 25.1 Å². The van der Waals surface area contributed by atoms with E-state index >= 15 is 0 Å². The molecule has 2 aromatic heterocycles. The van der Waals surface area contributed by atoms with Crippen LogP contribution in [0.25, 0.3) is 0 Å². The first-order chi connectivity index (χ1) is 11.7. The van der Waals surface area contributed by atoms with E-state index in [-0.39, 0.29) is 11.8 Å². The summed E-state index contributed by atoms with van der Waals surface area (Å²) < 4.78 is 0. The third-order valence-electron chi connectivity index (χ3n) is 3.94. The average molecular weight is 345 g/mol. The third kappa shape index (κ3) is 4.15. The Kier molecular flexibility index (Phi) is 5.50. The number of thiophene rings is 1. The van der Waals surface area contributed by atoms with Crippen LogP contribution in [-0.2, 0) is 0 Å². The van der Waals surface area contributed by atoms with Crippen molar-refractivity contribution in [3.05, 3.63) is 46.7 Å². The largest absolute Gasteiger partial charge is 0.351 e. The van der Waals surface area contributed by atoms with Crippen molar-refractivity contribution in [2.75, 3.05) is 39.3 Å². The van der Waals surface area contributed by atoms with E-state index in [4.69, 9.17) is 0 Å². The predicted molar refractivity (Wildman–Crippen MR) is 91.0 cm³/mol. The molecule has 1 N–H and O–H groups in total. The van der Waals surface area contributed by atoms with Crippen molar-refractivity contribution < 1.29 is 9.59 Å². The lowest BCUT2D eigenvalue weighted by molar-refractivity contribution is 0.0632. The summed E-state index contributed by atoms with van der Waals surface area (Å²) in [5.74, 6) is -0.110. The first-order valence-corrected chi connectivity index (χ1v) is 8.76. The second kappa shape index (κ2) is 7.98. The van der Waals surface area contributed by atoms with Crippen LogP contribution in [0.2, 0.25) is 0 Å². The van der Waals surface area contributed by atoms with Gasteiger partial charge in [0.25, 0.3) is 11.8 Å². The minimum absolute atomic E-state index is 0.0345. The van der Waals surface area contributed by atoms with Crippen LogP contribution in [0, 0.1) is 0 Å². The molecule has 8 heteroatoms. The van der Waals surface area contributed by atoms with Crippen LogP contribution < -0.4 is 5.32 Å². The second-order valence-electron chi connectivity index (χ2n) is 5.49. The maximum atomic E-state index is 12.3. The molecule has 0 spiro atoms. The predicted octanol–water partition coefficient (Wildman–Crippen LogP) is 0.726. The van der Waals surface area contributed by atoms with E-state index in [1.807, 2.05) is 16.8 Å². The molecule has 0 radical (unpaired) electrons. The van der Waals surface area contributed by atoms with Crippen molar-refractivity contribution in [3.63, 3.8) is 0 Å². The molecule has 1 aliphatic rings. The van der Waals surface area contributed by atoms with E-state index in [9.17, 15) is 9.59 Å². The number of amides is 2. The summed E-state index contributed by atoms with van der Waals surface area (Å²) in [6, 6.07) is 1.82. The van der Waals surface area contributed by atoms with E-state index in [0.717, 1.165) is 19.6 Å². The molecule has 1 aliphatic heterocycles. The van der Waals surface area contributed by atoms with Crippen LogP contribution in [0.4, 0.5) is 0 Å². The maximum absolute atomic E-state index is 12.3. The summed E-state index contributed by atoms with van der Waals surface area (Å²) >= 11 is 1.51. The number of piperazine rings is 1. The van der Waals surface area contributed by atoms with Crippen molar-refractivity contribution in [2.24, 2.45) is 0 Å². The molecule has 1 fully saturated rings. The summed E-state index contributed by atoms with van der Waals surface area (Å²) in [7, 11) is 0. The normalized spacial score (nSPS) is 15.2. The maximum Gasteiger partial charge on any atom is 0.274 e. The molecule has 126 valence electrons. The van der Waals surface area contributed by atoms with Gasteiger partial charge >= 0.3 is 0 Å². The van der Waals surface area contributed by atoms with Crippen LogP contribution in [0.3, 0.4) is 0 Å². The fraction of sp³-hybridized carbons (Fsp3) is 0.375. The molecule has 0 aromatic carbocycles. The number of nitrogens with one attached hydrogen (secondary N) is 1. The van der Waals surface area contributed by atoms with Gasteiger partial charge in [0.1, 0.15) is 5.69 Å². The number of aromatic nitrogens is 2. The minimum atomic E-state index is -0.0755. The Morgan fingerprint density at radius 1 is 1.21 bits per heavy atom. The van der Waals surface area contributed by atoms with Gasteiger partial charge in [0, 0.05) is 62.6 Å². The standard InChI is InChI=1S/C16H19N5O2S/c22-15(13-1-10-24-12-13)19-4-5-20-6-8-21(9-7-20)16(23)14-11-17-2-3-18-14/h1-3,10-12H,4-9H2,(H,19,22). The first kappa shape index (κ1) is 16.5. The molecule has 0 unspecified atom stereocenters. The van der Waals surface area contributed by atoms with E-state index < -0.39 is 0 Å². The summed E-state index contributed by atoms with van der Waals surface area (Å²) in [5.41, 5.74) is 1.09. The van der Waals surface area contributed by atoms with Gasteiger partial charge in [0.2, 0.25) is 0 Å². The highest BCUT2D eigenvalue weighted by molar-refractivity contribution is 7.08. The van der Waals surface area contributed by atoms with Crippen LogP contribution >= 0.6 is 11.3 Å². The second-order valence-corrected chi connectivity index (χ2v) is 6.27. The Morgan fingerprint density at radius 3 is 2.71 bits per heavy atom. The van der Waals surface area contributed by atoms with E-state index in [1.165, 1.54) is 23.7 Å². The van der Waals surface area contributed by atoms with Crippen LogP contribution in [0.1, 0.15) is 20.8 Å². The highest BCUT2D eigenvalue weighted by atomic mass is 32.1. The lowest BCUT2D eigenvalue weighted by Gasteiger charge is -2.34. The summed E-state index contributed by atoms with van der Waals surface area (Å²) in [6.45, 7) is 4.29. The Hall–Kier alpha value is -2.32. The number of hydrogen-bond donors (Lipinski definition) is 1. The lowest BCUT2D eigenvalue weighted by Crippen LogP contribution is -2.50. The van der Waals surface area contributed by atoms with Gasteiger partial charge in [-0.05, 0) is 11.4 Å². The lowest BCUT2D eigenvalue weighted by atomic mass is 10.2. The quantitative estimate of drug-likeness (QED) is 0.864. The Bertz CT molecular complexity index is 669.